The summed E-state index contributed by atoms with van der Waals surface area (Å²) in [5, 5.41) is 18.5. The van der Waals surface area contributed by atoms with Gasteiger partial charge in [0, 0.05) is 6.42 Å². The van der Waals surface area contributed by atoms with Gasteiger partial charge < -0.3 is 10.2 Å². The Morgan fingerprint density at radius 1 is 1.28 bits per heavy atom. The fourth-order valence-corrected chi connectivity index (χ4v) is 1.53. The molecular weight excluding hydrogens is 249 g/mol. The lowest BCUT2D eigenvalue weighted by molar-refractivity contribution is -0.139. The van der Waals surface area contributed by atoms with Crippen LogP contribution in [0.1, 0.15) is 30.9 Å². The average molecular weight is 262 g/mol. The highest BCUT2D eigenvalue weighted by Crippen LogP contribution is 2.33. The van der Waals surface area contributed by atoms with Crippen molar-refractivity contribution in [3.8, 4) is 0 Å². The number of benzene rings is 1. The number of hydrogen-bond acceptors (Lipinski definition) is 2. The molecule has 0 amide bonds. The molecule has 6 heteroatoms. The highest BCUT2D eigenvalue weighted by atomic mass is 19.4. The van der Waals surface area contributed by atoms with Crippen molar-refractivity contribution in [2.24, 2.45) is 0 Å². The second-order valence-electron chi connectivity index (χ2n) is 4.25. The summed E-state index contributed by atoms with van der Waals surface area (Å²) < 4.78 is 37.5. The van der Waals surface area contributed by atoms with E-state index in [-0.39, 0.29) is 18.4 Å². The Balaban J connectivity index is 2.98. The Hall–Kier alpha value is -1.56. The third kappa shape index (κ3) is 3.73. The van der Waals surface area contributed by atoms with Gasteiger partial charge in [0.15, 0.2) is 0 Å². The van der Waals surface area contributed by atoms with Gasteiger partial charge in [-0.1, -0.05) is 12.1 Å². The molecular formula is C12H13F3O3. The van der Waals surface area contributed by atoms with Crippen molar-refractivity contribution < 1.29 is 28.2 Å². The van der Waals surface area contributed by atoms with E-state index < -0.39 is 23.3 Å². The van der Waals surface area contributed by atoms with Crippen molar-refractivity contribution in [3.63, 3.8) is 0 Å². The first kappa shape index (κ1) is 14.5. The second-order valence-corrected chi connectivity index (χ2v) is 4.25. The lowest BCUT2D eigenvalue weighted by Gasteiger charge is -2.24. The van der Waals surface area contributed by atoms with E-state index in [1.54, 1.807) is 0 Å². The fourth-order valence-electron chi connectivity index (χ4n) is 1.53. The van der Waals surface area contributed by atoms with Crippen LogP contribution in [0.4, 0.5) is 13.2 Å². The average Bonchev–Trinajstić information content (AvgIpc) is 2.26. The van der Waals surface area contributed by atoms with E-state index in [0.717, 1.165) is 12.1 Å². The van der Waals surface area contributed by atoms with Gasteiger partial charge in [-0.3, -0.25) is 4.79 Å². The molecule has 1 aromatic rings. The first-order valence-electron chi connectivity index (χ1n) is 5.25. The summed E-state index contributed by atoms with van der Waals surface area (Å²) in [7, 11) is 0. The lowest BCUT2D eigenvalue weighted by atomic mass is 9.90. The number of alkyl halides is 3. The van der Waals surface area contributed by atoms with Crippen molar-refractivity contribution in [2.45, 2.75) is 31.5 Å². The molecule has 0 aliphatic carbocycles. The summed E-state index contributed by atoms with van der Waals surface area (Å²) in [6.45, 7) is 1.30. The van der Waals surface area contributed by atoms with E-state index in [9.17, 15) is 23.1 Å². The van der Waals surface area contributed by atoms with Crippen LogP contribution in [0.3, 0.4) is 0 Å². The number of rotatable bonds is 4. The summed E-state index contributed by atoms with van der Waals surface area (Å²) in [4.78, 5) is 10.4. The Bertz CT molecular complexity index is 438. The van der Waals surface area contributed by atoms with Crippen LogP contribution in [-0.4, -0.2) is 16.2 Å². The van der Waals surface area contributed by atoms with E-state index in [0.29, 0.717) is 0 Å². The standard InChI is InChI=1S/C12H13F3O3/c1-11(18,6-5-10(16)17)8-3-2-4-9(7-8)12(13,14)15/h2-4,7,18H,5-6H2,1H3,(H,16,17). The normalized spacial score (nSPS) is 15.2. The lowest BCUT2D eigenvalue weighted by Crippen LogP contribution is -2.23. The number of carboxylic acids is 1. The molecule has 1 rings (SSSR count). The summed E-state index contributed by atoms with van der Waals surface area (Å²) in [6.07, 6.45) is -4.95. The van der Waals surface area contributed by atoms with Crippen LogP contribution in [0.5, 0.6) is 0 Å². The molecule has 0 aliphatic heterocycles. The molecule has 0 spiro atoms. The fraction of sp³-hybridized carbons (Fsp3) is 0.417. The number of carboxylic acid groups (broad SMARTS) is 1. The first-order valence-corrected chi connectivity index (χ1v) is 5.25. The molecule has 0 radical (unpaired) electrons. The molecule has 0 aliphatic rings. The van der Waals surface area contributed by atoms with Crippen LogP contribution in [-0.2, 0) is 16.6 Å². The Morgan fingerprint density at radius 2 is 1.83 bits per heavy atom. The number of halogens is 3. The van der Waals surface area contributed by atoms with E-state index >= 15 is 0 Å². The van der Waals surface area contributed by atoms with Crippen LogP contribution in [0.25, 0.3) is 0 Å². The van der Waals surface area contributed by atoms with Crippen LogP contribution < -0.4 is 0 Å². The predicted octanol–water partition coefficient (Wildman–Crippen LogP) is 2.78. The largest absolute Gasteiger partial charge is 0.481 e. The van der Waals surface area contributed by atoms with Gasteiger partial charge in [-0.25, -0.2) is 0 Å². The minimum atomic E-state index is -4.49. The minimum Gasteiger partial charge on any atom is -0.481 e. The summed E-state index contributed by atoms with van der Waals surface area (Å²) in [6, 6.07) is 4.27. The molecule has 18 heavy (non-hydrogen) atoms. The number of hydrogen-bond donors (Lipinski definition) is 2. The van der Waals surface area contributed by atoms with Gasteiger partial charge in [0.05, 0.1) is 11.2 Å². The highest BCUT2D eigenvalue weighted by Gasteiger charge is 2.32. The van der Waals surface area contributed by atoms with Gasteiger partial charge in [-0.2, -0.15) is 13.2 Å². The molecule has 2 N–H and O–H groups in total. The molecule has 1 atom stereocenters. The van der Waals surface area contributed by atoms with Crippen molar-refractivity contribution >= 4 is 5.97 Å². The highest BCUT2D eigenvalue weighted by molar-refractivity contribution is 5.66. The van der Waals surface area contributed by atoms with E-state index in [1.165, 1.54) is 19.1 Å². The summed E-state index contributed by atoms with van der Waals surface area (Å²) >= 11 is 0. The Morgan fingerprint density at radius 3 is 2.33 bits per heavy atom. The maximum Gasteiger partial charge on any atom is 0.416 e. The molecule has 1 aromatic carbocycles. The Kier molecular flexibility index (Phi) is 4.01. The SMILES string of the molecule is CC(O)(CCC(=O)O)c1cccc(C(F)(F)F)c1. The summed E-state index contributed by atoms with van der Waals surface area (Å²) in [5.41, 5.74) is -2.41. The van der Waals surface area contributed by atoms with Gasteiger partial charge in [-0.15, -0.1) is 0 Å². The molecule has 1 unspecified atom stereocenters. The van der Waals surface area contributed by atoms with Gasteiger partial charge in [0.1, 0.15) is 0 Å². The second kappa shape index (κ2) is 4.97. The maximum atomic E-state index is 12.5. The molecule has 0 saturated heterocycles. The zero-order chi connectivity index (χ0) is 14.0. The van der Waals surface area contributed by atoms with Crippen molar-refractivity contribution in [1.82, 2.24) is 0 Å². The predicted molar refractivity (Wildman–Crippen MR) is 57.9 cm³/mol. The molecule has 0 fully saturated rings. The van der Waals surface area contributed by atoms with Gasteiger partial charge >= 0.3 is 12.1 Å². The first-order chi connectivity index (χ1) is 8.13. The van der Waals surface area contributed by atoms with E-state index in [2.05, 4.69) is 0 Å². The number of carbonyl (C=O) groups is 1. The molecule has 0 heterocycles. The quantitative estimate of drug-likeness (QED) is 0.877. The zero-order valence-electron chi connectivity index (χ0n) is 9.66. The molecule has 0 bridgehead atoms. The van der Waals surface area contributed by atoms with Crippen LogP contribution in [0.2, 0.25) is 0 Å². The van der Waals surface area contributed by atoms with Gasteiger partial charge in [-0.05, 0) is 31.0 Å². The maximum absolute atomic E-state index is 12.5. The van der Waals surface area contributed by atoms with Crippen LogP contribution in [0.15, 0.2) is 24.3 Å². The zero-order valence-corrected chi connectivity index (χ0v) is 9.66. The van der Waals surface area contributed by atoms with Crippen molar-refractivity contribution in [1.29, 1.82) is 0 Å². The third-order valence-electron chi connectivity index (χ3n) is 2.64. The Labute approximate surface area is 102 Å². The molecule has 0 aromatic heterocycles. The molecule has 3 nitrogen and oxygen atoms in total. The smallest absolute Gasteiger partial charge is 0.416 e. The number of aliphatic carboxylic acids is 1. The third-order valence-corrected chi connectivity index (χ3v) is 2.64. The number of aliphatic hydroxyl groups is 1. The van der Waals surface area contributed by atoms with Gasteiger partial charge in [0.25, 0.3) is 0 Å². The van der Waals surface area contributed by atoms with Crippen molar-refractivity contribution in [2.75, 3.05) is 0 Å². The molecule has 0 saturated carbocycles. The van der Waals surface area contributed by atoms with Crippen molar-refractivity contribution in [3.05, 3.63) is 35.4 Å². The van der Waals surface area contributed by atoms with Crippen LogP contribution >= 0.6 is 0 Å². The minimum absolute atomic E-state index is 0.0542. The van der Waals surface area contributed by atoms with Gasteiger partial charge in [0.2, 0.25) is 0 Å². The van der Waals surface area contributed by atoms with E-state index in [1.807, 2.05) is 0 Å². The van der Waals surface area contributed by atoms with E-state index in [4.69, 9.17) is 5.11 Å². The van der Waals surface area contributed by atoms with Crippen LogP contribution in [0, 0.1) is 0 Å². The molecule has 100 valence electrons. The summed E-state index contributed by atoms with van der Waals surface area (Å²) in [5.74, 6) is -1.11. The monoisotopic (exact) mass is 262 g/mol. The topological polar surface area (TPSA) is 57.5 Å².